The summed E-state index contributed by atoms with van der Waals surface area (Å²) in [6.07, 6.45) is 4.94. The molecule has 0 saturated heterocycles. The van der Waals surface area contributed by atoms with E-state index in [1.54, 1.807) is 11.9 Å². The standard InChI is InChI=1S/C15H30N2O2/c1-6-12-7-8-13(11-12)16-9-10-17(5)14(18)19-15(2,3)4/h12-13,16H,6-11H2,1-5H3. The molecule has 0 aromatic rings. The van der Waals surface area contributed by atoms with Crippen LogP contribution in [0.25, 0.3) is 0 Å². The molecule has 1 N–H and O–H groups in total. The Morgan fingerprint density at radius 1 is 1.37 bits per heavy atom. The van der Waals surface area contributed by atoms with Gasteiger partial charge >= 0.3 is 6.09 Å². The molecule has 1 saturated carbocycles. The smallest absolute Gasteiger partial charge is 0.410 e. The van der Waals surface area contributed by atoms with E-state index in [4.69, 9.17) is 4.74 Å². The molecule has 1 amide bonds. The van der Waals surface area contributed by atoms with Crippen LogP contribution in [0.4, 0.5) is 4.79 Å². The van der Waals surface area contributed by atoms with Gasteiger partial charge in [0.2, 0.25) is 0 Å². The van der Waals surface area contributed by atoms with E-state index in [2.05, 4.69) is 12.2 Å². The van der Waals surface area contributed by atoms with Gasteiger partial charge < -0.3 is 15.0 Å². The number of amides is 1. The van der Waals surface area contributed by atoms with Crippen LogP contribution in [-0.4, -0.2) is 42.8 Å². The van der Waals surface area contributed by atoms with Gasteiger partial charge in [0.15, 0.2) is 0 Å². The Hall–Kier alpha value is -0.770. The number of nitrogens with zero attached hydrogens (tertiary/aromatic N) is 1. The molecule has 0 spiro atoms. The minimum absolute atomic E-state index is 0.243. The van der Waals surface area contributed by atoms with Gasteiger partial charge in [0, 0.05) is 26.2 Å². The molecule has 1 rings (SSSR count). The largest absolute Gasteiger partial charge is 0.444 e. The Morgan fingerprint density at radius 2 is 2.05 bits per heavy atom. The molecule has 19 heavy (non-hydrogen) atoms. The Bertz CT molecular complexity index is 286. The van der Waals surface area contributed by atoms with Crippen molar-refractivity contribution in [2.75, 3.05) is 20.1 Å². The summed E-state index contributed by atoms with van der Waals surface area (Å²) in [6.45, 7) is 9.48. The first-order valence-corrected chi connectivity index (χ1v) is 7.49. The fraction of sp³-hybridized carbons (Fsp3) is 0.933. The van der Waals surface area contributed by atoms with Crippen molar-refractivity contribution >= 4 is 6.09 Å². The van der Waals surface area contributed by atoms with E-state index in [9.17, 15) is 4.79 Å². The van der Waals surface area contributed by atoms with Crippen molar-refractivity contribution in [1.29, 1.82) is 0 Å². The second-order valence-electron chi connectivity index (χ2n) is 6.64. The van der Waals surface area contributed by atoms with E-state index >= 15 is 0 Å². The summed E-state index contributed by atoms with van der Waals surface area (Å²) < 4.78 is 5.32. The van der Waals surface area contributed by atoms with Crippen molar-refractivity contribution in [3.8, 4) is 0 Å². The molecule has 0 radical (unpaired) electrons. The molecule has 0 heterocycles. The highest BCUT2D eigenvalue weighted by molar-refractivity contribution is 5.67. The predicted octanol–water partition coefficient (Wildman–Crippen LogP) is 3.02. The van der Waals surface area contributed by atoms with Crippen molar-refractivity contribution < 1.29 is 9.53 Å². The van der Waals surface area contributed by atoms with Crippen LogP contribution >= 0.6 is 0 Å². The summed E-state index contributed by atoms with van der Waals surface area (Å²) in [6, 6.07) is 0.636. The number of likely N-dealkylation sites (N-methyl/N-ethyl adjacent to an activating group) is 1. The lowest BCUT2D eigenvalue weighted by Crippen LogP contribution is -2.39. The zero-order valence-electron chi connectivity index (χ0n) is 13.2. The summed E-state index contributed by atoms with van der Waals surface area (Å²) in [4.78, 5) is 13.4. The molecule has 1 fully saturated rings. The minimum Gasteiger partial charge on any atom is -0.444 e. The molecule has 2 atom stereocenters. The van der Waals surface area contributed by atoms with Gasteiger partial charge in [-0.25, -0.2) is 4.79 Å². The first kappa shape index (κ1) is 16.3. The Morgan fingerprint density at radius 3 is 2.58 bits per heavy atom. The first-order chi connectivity index (χ1) is 8.81. The third kappa shape index (κ3) is 6.28. The fourth-order valence-electron chi connectivity index (χ4n) is 2.50. The highest BCUT2D eigenvalue weighted by Gasteiger charge is 2.23. The summed E-state index contributed by atoms with van der Waals surface area (Å²) in [5, 5.41) is 3.55. The summed E-state index contributed by atoms with van der Waals surface area (Å²) in [7, 11) is 1.79. The Kier molecular flexibility index (Phi) is 6.11. The lowest BCUT2D eigenvalue weighted by Gasteiger charge is -2.25. The van der Waals surface area contributed by atoms with Crippen LogP contribution < -0.4 is 5.32 Å². The van der Waals surface area contributed by atoms with Crippen LogP contribution in [0.1, 0.15) is 53.4 Å². The van der Waals surface area contributed by atoms with Gasteiger partial charge in [-0.3, -0.25) is 0 Å². The number of ether oxygens (including phenoxy) is 1. The maximum atomic E-state index is 11.8. The van der Waals surface area contributed by atoms with Gasteiger partial charge in [0.05, 0.1) is 0 Å². The van der Waals surface area contributed by atoms with E-state index in [0.717, 1.165) is 12.5 Å². The molecule has 4 nitrogen and oxygen atoms in total. The maximum absolute atomic E-state index is 11.8. The molecule has 4 heteroatoms. The van der Waals surface area contributed by atoms with Crippen molar-refractivity contribution in [3.63, 3.8) is 0 Å². The first-order valence-electron chi connectivity index (χ1n) is 7.49. The molecular formula is C15H30N2O2. The number of hydrogen-bond acceptors (Lipinski definition) is 3. The zero-order valence-corrected chi connectivity index (χ0v) is 13.2. The van der Waals surface area contributed by atoms with E-state index in [1.807, 2.05) is 20.8 Å². The second kappa shape index (κ2) is 7.13. The van der Waals surface area contributed by atoms with Crippen LogP contribution in [0, 0.1) is 5.92 Å². The molecule has 0 bridgehead atoms. The van der Waals surface area contributed by atoms with Gasteiger partial charge in [-0.2, -0.15) is 0 Å². The number of carbonyl (C=O) groups excluding carboxylic acids is 1. The lowest BCUT2D eigenvalue weighted by molar-refractivity contribution is 0.0299. The van der Waals surface area contributed by atoms with Gasteiger partial charge in [0.1, 0.15) is 5.60 Å². The normalized spacial score (nSPS) is 23.4. The van der Waals surface area contributed by atoms with Crippen molar-refractivity contribution in [3.05, 3.63) is 0 Å². The monoisotopic (exact) mass is 270 g/mol. The van der Waals surface area contributed by atoms with Crippen LogP contribution in [-0.2, 0) is 4.74 Å². The van der Waals surface area contributed by atoms with Crippen LogP contribution in [0.2, 0.25) is 0 Å². The zero-order chi connectivity index (χ0) is 14.5. The Labute approximate surface area is 117 Å². The van der Waals surface area contributed by atoms with Crippen molar-refractivity contribution in [2.24, 2.45) is 5.92 Å². The number of nitrogens with one attached hydrogen (secondary N) is 1. The molecule has 2 unspecified atom stereocenters. The molecule has 1 aliphatic rings. The van der Waals surface area contributed by atoms with E-state index in [0.29, 0.717) is 12.6 Å². The van der Waals surface area contributed by atoms with Gasteiger partial charge in [-0.15, -0.1) is 0 Å². The van der Waals surface area contributed by atoms with Crippen molar-refractivity contribution in [1.82, 2.24) is 10.2 Å². The SMILES string of the molecule is CCC1CCC(NCCN(C)C(=O)OC(C)(C)C)C1. The topological polar surface area (TPSA) is 41.6 Å². The van der Waals surface area contributed by atoms with Crippen LogP contribution in [0.15, 0.2) is 0 Å². The highest BCUT2D eigenvalue weighted by atomic mass is 16.6. The third-order valence-electron chi connectivity index (χ3n) is 3.70. The molecule has 112 valence electrons. The maximum Gasteiger partial charge on any atom is 0.410 e. The minimum atomic E-state index is -0.418. The predicted molar refractivity (Wildman–Crippen MR) is 78.3 cm³/mol. The number of carbonyl (C=O) groups is 1. The van der Waals surface area contributed by atoms with Gasteiger partial charge in [-0.1, -0.05) is 13.3 Å². The average molecular weight is 270 g/mol. The lowest BCUT2D eigenvalue weighted by atomic mass is 10.1. The van der Waals surface area contributed by atoms with Crippen molar-refractivity contribution in [2.45, 2.75) is 65.0 Å². The summed E-state index contributed by atoms with van der Waals surface area (Å²) in [5.74, 6) is 0.890. The highest BCUT2D eigenvalue weighted by Crippen LogP contribution is 2.27. The van der Waals surface area contributed by atoms with Crippen LogP contribution in [0.3, 0.4) is 0 Å². The second-order valence-corrected chi connectivity index (χ2v) is 6.64. The molecule has 0 aromatic heterocycles. The molecule has 0 aromatic carbocycles. The molecular weight excluding hydrogens is 240 g/mol. The van der Waals surface area contributed by atoms with E-state index < -0.39 is 5.60 Å². The quantitative estimate of drug-likeness (QED) is 0.835. The number of hydrogen-bond donors (Lipinski definition) is 1. The summed E-state index contributed by atoms with van der Waals surface area (Å²) in [5.41, 5.74) is -0.418. The Balaban J connectivity index is 2.17. The fourth-order valence-corrected chi connectivity index (χ4v) is 2.50. The molecule has 0 aliphatic heterocycles. The third-order valence-corrected chi connectivity index (χ3v) is 3.70. The van der Waals surface area contributed by atoms with Gasteiger partial charge in [0.25, 0.3) is 0 Å². The van der Waals surface area contributed by atoms with Gasteiger partial charge in [-0.05, 0) is 46.0 Å². The summed E-state index contributed by atoms with van der Waals surface area (Å²) >= 11 is 0. The number of rotatable bonds is 5. The van der Waals surface area contributed by atoms with E-state index in [1.165, 1.54) is 25.7 Å². The molecule has 1 aliphatic carbocycles. The van der Waals surface area contributed by atoms with E-state index in [-0.39, 0.29) is 6.09 Å². The van der Waals surface area contributed by atoms with Crippen LogP contribution in [0.5, 0.6) is 0 Å². The average Bonchev–Trinajstić information content (AvgIpc) is 2.74.